The molecule has 416 valence electrons. The largest absolute Gasteiger partial charge is 0.464 e. The Balaban J connectivity index is 0.996. The van der Waals surface area contributed by atoms with Crippen LogP contribution in [0.4, 0.5) is 0 Å². The molecule has 0 N–H and O–H groups in total. The summed E-state index contributed by atoms with van der Waals surface area (Å²) < 4.78 is 24.1. The molecule has 0 aliphatic rings. The van der Waals surface area contributed by atoms with Crippen LogP contribution in [0.1, 0.15) is 97.9 Å². The van der Waals surface area contributed by atoms with Gasteiger partial charge in [-0.1, -0.05) is 248 Å². The maximum Gasteiger partial charge on any atom is 0.310 e. The monoisotopic (exact) mass is 1080 g/mol. The molecular weight excluding hydrogens is 1000 g/mol. The molecule has 0 saturated carbocycles. The summed E-state index contributed by atoms with van der Waals surface area (Å²) in [7, 11) is 0. The molecular formula is C73H76O8. The van der Waals surface area contributed by atoms with Gasteiger partial charge >= 0.3 is 23.9 Å². The lowest BCUT2D eigenvalue weighted by Crippen LogP contribution is -2.44. The van der Waals surface area contributed by atoms with Gasteiger partial charge < -0.3 is 18.9 Å². The summed E-state index contributed by atoms with van der Waals surface area (Å²) >= 11 is 0. The summed E-state index contributed by atoms with van der Waals surface area (Å²) in [5, 5.41) is 0. The Morgan fingerprint density at radius 1 is 0.247 bits per heavy atom. The number of hydrogen-bond donors (Lipinski definition) is 0. The number of aryl methyl sites for hydroxylation is 4. The zero-order valence-corrected chi connectivity index (χ0v) is 47.6. The van der Waals surface area contributed by atoms with E-state index in [4.69, 9.17) is 18.9 Å². The smallest absolute Gasteiger partial charge is 0.310 e. The molecule has 0 saturated heterocycles. The van der Waals surface area contributed by atoms with Crippen molar-refractivity contribution in [1.29, 1.82) is 0 Å². The van der Waals surface area contributed by atoms with Crippen molar-refractivity contribution in [2.45, 2.75) is 105 Å². The third kappa shape index (κ3) is 17.8. The van der Waals surface area contributed by atoms with Crippen LogP contribution < -0.4 is 0 Å². The van der Waals surface area contributed by atoms with Crippen LogP contribution in [0.5, 0.6) is 0 Å². The minimum absolute atomic E-state index is 0.0538. The first-order chi connectivity index (χ1) is 39.5. The molecule has 8 rings (SSSR count). The number of ether oxygens (including phenoxy) is 4. The van der Waals surface area contributed by atoms with Crippen molar-refractivity contribution >= 4 is 23.9 Å². The SMILES string of the molecule is CCCc1ccc(-c2ccc(CC(=O)OCC(COC(=O)Cc3ccc(-c4ccc(CCC)cc4)cc3)(COC(=O)Cc3ccc(-c4ccc(CCC)cc4)cc3)COC(=O)Cc3ccc(-c4ccc(CCC)cc4)cc3)cc2)cc1. The van der Waals surface area contributed by atoms with Crippen LogP contribution in [-0.2, 0) is 89.5 Å². The van der Waals surface area contributed by atoms with Crippen LogP contribution in [0.15, 0.2) is 194 Å². The third-order valence-corrected chi connectivity index (χ3v) is 14.7. The van der Waals surface area contributed by atoms with Crippen LogP contribution in [-0.4, -0.2) is 50.3 Å². The zero-order valence-electron chi connectivity index (χ0n) is 47.6. The van der Waals surface area contributed by atoms with Gasteiger partial charge in [-0.25, -0.2) is 0 Å². The number of carbonyl (C=O) groups excluding carboxylic acids is 4. The van der Waals surface area contributed by atoms with E-state index in [1.807, 2.05) is 97.1 Å². The van der Waals surface area contributed by atoms with E-state index >= 15 is 0 Å². The van der Waals surface area contributed by atoms with E-state index in [2.05, 4.69) is 125 Å². The van der Waals surface area contributed by atoms with Gasteiger partial charge in [0.2, 0.25) is 0 Å². The molecule has 0 fully saturated rings. The van der Waals surface area contributed by atoms with Crippen molar-refractivity contribution in [3.8, 4) is 44.5 Å². The van der Waals surface area contributed by atoms with Gasteiger partial charge in [0.1, 0.15) is 31.8 Å². The van der Waals surface area contributed by atoms with Crippen molar-refractivity contribution in [1.82, 2.24) is 0 Å². The van der Waals surface area contributed by atoms with Crippen molar-refractivity contribution in [3.05, 3.63) is 239 Å². The molecule has 8 aromatic carbocycles. The molecule has 81 heavy (non-hydrogen) atoms. The van der Waals surface area contributed by atoms with E-state index in [0.29, 0.717) is 0 Å². The fourth-order valence-corrected chi connectivity index (χ4v) is 9.93. The fourth-order valence-electron chi connectivity index (χ4n) is 9.93. The van der Waals surface area contributed by atoms with Gasteiger partial charge in [0.25, 0.3) is 0 Å². The van der Waals surface area contributed by atoms with Crippen LogP contribution in [0.3, 0.4) is 0 Å². The number of benzene rings is 8. The predicted molar refractivity (Wildman–Crippen MR) is 325 cm³/mol. The average Bonchev–Trinajstić information content (AvgIpc) is 3.49. The molecule has 0 aliphatic carbocycles. The number of esters is 4. The lowest BCUT2D eigenvalue weighted by Gasteiger charge is -2.31. The zero-order chi connectivity index (χ0) is 56.8. The standard InChI is InChI=1S/C73H76O8/c1-5-9-53-13-29-61(30-14-53)65-37-21-57(22-38-65)45-69(74)78-49-73(50-79-70(75)46-58-23-39-66(40-24-58)62-31-15-54(10-6-2)16-32-62,51-80-71(76)47-59-25-41-67(42-26-59)63-33-17-55(11-7-3)18-34-63)52-81-72(77)48-60-27-43-68(44-28-60)64-35-19-56(12-8-4)20-36-64/h13-44H,5-12,45-52H2,1-4H3. The van der Waals surface area contributed by atoms with Crippen molar-refractivity contribution in [3.63, 3.8) is 0 Å². The first-order valence-electron chi connectivity index (χ1n) is 28.8. The molecule has 8 aromatic rings. The van der Waals surface area contributed by atoms with Gasteiger partial charge in [0.05, 0.1) is 25.7 Å². The second-order valence-corrected chi connectivity index (χ2v) is 21.4. The second kappa shape index (κ2) is 29.7. The molecule has 0 aromatic heterocycles. The van der Waals surface area contributed by atoms with E-state index in [-0.39, 0.29) is 52.1 Å². The number of hydrogen-bond acceptors (Lipinski definition) is 8. The Morgan fingerprint density at radius 2 is 0.395 bits per heavy atom. The lowest BCUT2D eigenvalue weighted by atomic mass is 9.92. The highest BCUT2D eigenvalue weighted by Gasteiger charge is 2.38. The number of carbonyl (C=O) groups is 4. The molecule has 0 heterocycles. The summed E-state index contributed by atoms with van der Waals surface area (Å²) in [5.74, 6) is -2.22. The molecule has 8 nitrogen and oxygen atoms in total. The van der Waals surface area contributed by atoms with Crippen molar-refractivity contribution < 1.29 is 38.1 Å². The van der Waals surface area contributed by atoms with Crippen molar-refractivity contribution in [2.24, 2.45) is 5.41 Å². The molecule has 0 radical (unpaired) electrons. The van der Waals surface area contributed by atoms with Gasteiger partial charge in [-0.2, -0.15) is 0 Å². The Hall–Kier alpha value is -8.36. The van der Waals surface area contributed by atoms with Crippen LogP contribution in [0.2, 0.25) is 0 Å². The Kier molecular flexibility index (Phi) is 21.6. The molecule has 0 spiro atoms. The van der Waals surface area contributed by atoms with Crippen molar-refractivity contribution in [2.75, 3.05) is 26.4 Å². The molecule has 0 bridgehead atoms. The first-order valence-corrected chi connectivity index (χ1v) is 28.8. The summed E-state index contributed by atoms with van der Waals surface area (Å²) in [6.45, 7) is 7.12. The molecule has 0 unspecified atom stereocenters. The van der Waals surface area contributed by atoms with Gasteiger partial charge in [0, 0.05) is 0 Å². The van der Waals surface area contributed by atoms with Gasteiger partial charge in [-0.3, -0.25) is 19.2 Å². The van der Waals surface area contributed by atoms with Crippen LogP contribution in [0.25, 0.3) is 44.5 Å². The molecule has 0 amide bonds. The average molecular weight is 1080 g/mol. The van der Waals surface area contributed by atoms with E-state index in [1.54, 1.807) is 0 Å². The Labute approximate surface area is 479 Å². The molecule has 0 atom stereocenters. The quantitative estimate of drug-likeness (QED) is 0.0353. The minimum Gasteiger partial charge on any atom is -0.464 e. The summed E-state index contributed by atoms with van der Waals surface area (Å²) in [4.78, 5) is 55.3. The highest BCUT2D eigenvalue weighted by atomic mass is 16.6. The van der Waals surface area contributed by atoms with Crippen LogP contribution in [0, 0.1) is 5.41 Å². The predicted octanol–water partition coefficient (Wildman–Crippen LogP) is 15.6. The van der Waals surface area contributed by atoms with E-state index in [1.165, 1.54) is 22.3 Å². The Bertz CT molecular complexity index is 2800. The van der Waals surface area contributed by atoms with E-state index in [9.17, 15) is 19.2 Å². The summed E-state index contributed by atoms with van der Waals surface area (Å²) in [6, 6.07) is 65.1. The number of rotatable bonds is 28. The van der Waals surface area contributed by atoms with Gasteiger partial charge in [0.15, 0.2) is 0 Å². The topological polar surface area (TPSA) is 105 Å². The maximum atomic E-state index is 13.8. The normalized spacial score (nSPS) is 11.2. The molecule has 0 aliphatic heterocycles. The maximum absolute atomic E-state index is 13.8. The molecule has 8 heteroatoms. The summed E-state index contributed by atoms with van der Waals surface area (Å²) in [5.41, 5.74) is 15.0. The first kappa shape index (κ1) is 58.8. The van der Waals surface area contributed by atoms with Gasteiger partial charge in [-0.15, -0.1) is 0 Å². The Morgan fingerprint density at radius 3 is 0.543 bits per heavy atom. The van der Waals surface area contributed by atoms with Crippen LogP contribution >= 0.6 is 0 Å². The minimum atomic E-state index is -1.49. The summed E-state index contributed by atoms with van der Waals surface area (Å²) in [6.07, 6.45) is 8.18. The highest BCUT2D eigenvalue weighted by Crippen LogP contribution is 2.28. The van der Waals surface area contributed by atoms with Gasteiger partial charge in [-0.05, 0) is 115 Å². The third-order valence-electron chi connectivity index (χ3n) is 14.7. The lowest BCUT2D eigenvalue weighted by molar-refractivity contribution is -0.169. The second-order valence-electron chi connectivity index (χ2n) is 21.4. The van der Waals surface area contributed by atoms with E-state index < -0.39 is 29.3 Å². The van der Waals surface area contributed by atoms with E-state index in [0.717, 1.165) is 118 Å². The highest BCUT2D eigenvalue weighted by molar-refractivity contribution is 5.76. The fraction of sp³-hybridized carbons (Fsp3) is 0.288.